The molecule has 0 unspecified atom stereocenters. The number of fused-ring (bicyclic) bond motifs is 2. The second-order valence-electron chi connectivity index (χ2n) is 5.76. The summed E-state index contributed by atoms with van der Waals surface area (Å²) in [6.45, 7) is 0.163. The number of nitrogens with one attached hydrogen (secondary N) is 2. The van der Waals surface area contributed by atoms with Crippen LogP contribution in [0.1, 0.15) is 31.8 Å². The second kappa shape index (κ2) is 7.03. The Balaban J connectivity index is 2.17. The summed E-state index contributed by atoms with van der Waals surface area (Å²) < 4.78 is 0. The van der Waals surface area contributed by atoms with E-state index in [0.29, 0.717) is 11.4 Å². The van der Waals surface area contributed by atoms with Gasteiger partial charge < -0.3 is 31.1 Å². The maximum Gasteiger partial charge on any atom is 0.198 e. The van der Waals surface area contributed by atoms with Gasteiger partial charge in [-0.25, -0.2) is 0 Å². The van der Waals surface area contributed by atoms with Crippen LogP contribution in [0, 0.1) is 0 Å². The molecule has 0 radical (unpaired) electrons. The second-order valence-corrected chi connectivity index (χ2v) is 5.76. The normalized spacial score (nSPS) is 12.5. The molecular weight excluding hydrogens is 340 g/mol. The monoisotopic (exact) mass is 358 g/mol. The fraction of sp³-hybridized carbons (Fsp3) is 0.222. The van der Waals surface area contributed by atoms with Gasteiger partial charge in [0.2, 0.25) is 0 Å². The van der Waals surface area contributed by atoms with E-state index in [-0.39, 0.29) is 60.1 Å². The van der Waals surface area contributed by atoms with Crippen LogP contribution in [-0.2, 0) is 0 Å². The maximum absolute atomic E-state index is 12.8. The number of aromatic hydroxyl groups is 2. The molecule has 26 heavy (non-hydrogen) atoms. The van der Waals surface area contributed by atoms with Crippen molar-refractivity contribution in [3.05, 3.63) is 46.5 Å². The molecule has 1 aliphatic rings. The number of anilines is 2. The summed E-state index contributed by atoms with van der Waals surface area (Å²) in [7, 11) is 0. The van der Waals surface area contributed by atoms with Gasteiger partial charge in [0.05, 0.1) is 35.7 Å². The summed E-state index contributed by atoms with van der Waals surface area (Å²) in [5.41, 5.74) is 0.640. The molecule has 2 aromatic carbocycles. The van der Waals surface area contributed by atoms with Gasteiger partial charge in [-0.15, -0.1) is 0 Å². The van der Waals surface area contributed by atoms with Crippen molar-refractivity contribution < 1.29 is 30.0 Å². The molecule has 3 rings (SSSR count). The fourth-order valence-electron chi connectivity index (χ4n) is 2.96. The van der Waals surface area contributed by atoms with Crippen molar-refractivity contribution >= 4 is 22.9 Å². The average Bonchev–Trinajstić information content (AvgIpc) is 2.64. The largest absolute Gasteiger partial charge is 0.507 e. The molecule has 136 valence electrons. The van der Waals surface area contributed by atoms with Gasteiger partial charge in [0, 0.05) is 24.2 Å². The number of ketones is 2. The van der Waals surface area contributed by atoms with Crippen molar-refractivity contribution in [2.24, 2.45) is 0 Å². The van der Waals surface area contributed by atoms with Crippen molar-refractivity contribution in [1.82, 2.24) is 0 Å². The molecule has 0 fully saturated rings. The third-order valence-corrected chi connectivity index (χ3v) is 4.12. The SMILES string of the molecule is O=C1c2cc(NCCO)c(NCCO)cc2C(=O)c2c(O)ccc(O)c21. The lowest BCUT2D eigenvalue weighted by Crippen LogP contribution is -2.22. The number of benzene rings is 2. The van der Waals surface area contributed by atoms with Crippen LogP contribution >= 0.6 is 0 Å². The minimum Gasteiger partial charge on any atom is -0.507 e. The number of aliphatic hydroxyl groups excluding tert-OH is 2. The van der Waals surface area contributed by atoms with Crippen molar-refractivity contribution in [2.45, 2.75) is 0 Å². The Morgan fingerprint density at radius 1 is 0.731 bits per heavy atom. The quantitative estimate of drug-likeness (QED) is 0.354. The molecule has 0 bridgehead atoms. The van der Waals surface area contributed by atoms with Crippen molar-refractivity contribution in [3.8, 4) is 11.5 Å². The molecule has 1 aliphatic carbocycles. The van der Waals surface area contributed by atoms with E-state index in [4.69, 9.17) is 10.2 Å². The maximum atomic E-state index is 12.8. The number of aliphatic hydroxyl groups is 2. The number of hydrogen-bond donors (Lipinski definition) is 6. The lowest BCUT2D eigenvalue weighted by Gasteiger charge is -2.22. The van der Waals surface area contributed by atoms with Gasteiger partial charge >= 0.3 is 0 Å². The van der Waals surface area contributed by atoms with E-state index in [2.05, 4.69) is 10.6 Å². The molecule has 0 atom stereocenters. The number of phenolic OH excluding ortho intramolecular Hbond substituents is 2. The highest BCUT2D eigenvalue weighted by molar-refractivity contribution is 6.30. The van der Waals surface area contributed by atoms with Gasteiger partial charge in [-0.2, -0.15) is 0 Å². The Kier molecular flexibility index (Phi) is 4.79. The van der Waals surface area contributed by atoms with Crippen molar-refractivity contribution in [3.63, 3.8) is 0 Å². The lowest BCUT2D eigenvalue weighted by molar-refractivity contribution is 0.0974. The third kappa shape index (κ3) is 2.85. The zero-order valence-corrected chi connectivity index (χ0v) is 13.7. The number of hydrogen-bond acceptors (Lipinski definition) is 8. The van der Waals surface area contributed by atoms with Crippen LogP contribution in [-0.4, -0.2) is 58.3 Å². The first-order valence-corrected chi connectivity index (χ1v) is 8.01. The number of carbonyl (C=O) groups excluding carboxylic acids is 2. The Labute approximate surface area is 148 Å². The fourth-order valence-corrected chi connectivity index (χ4v) is 2.96. The van der Waals surface area contributed by atoms with Gasteiger partial charge in [0.15, 0.2) is 11.6 Å². The first kappa shape index (κ1) is 17.7. The van der Waals surface area contributed by atoms with E-state index in [1.165, 1.54) is 12.1 Å². The Hall–Kier alpha value is -3.10. The molecule has 0 heterocycles. The molecule has 0 spiro atoms. The van der Waals surface area contributed by atoms with Crippen molar-refractivity contribution in [2.75, 3.05) is 36.9 Å². The van der Waals surface area contributed by atoms with Crippen LogP contribution in [0.2, 0.25) is 0 Å². The number of phenols is 2. The van der Waals surface area contributed by atoms with E-state index < -0.39 is 11.6 Å². The highest BCUT2D eigenvalue weighted by Gasteiger charge is 2.35. The Morgan fingerprint density at radius 2 is 1.12 bits per heavy atom. The Morgan fingerprint density at radius 3 is 1.46 bits per heavy atom. The van der Waals surface area contributed by atoms with E-state index in [0.717, 1.165) is 12.1 Å². The van der Waals surface area contributed by atoms with Crippen LogP contribution in [0.25, 0.3) is 0 Å². The number of carbonyl (C=O) groups is 2. The average molecular weight is 358 g/mol. The topological polar surface area (TPSA) is 139 Å². The van der Waals surface area contributed by atoms with Crippen LogP contribution in [0.3, 0.4) is 0 Å². The van der Waals surface area contributed by atoms with Gasteiger partial charge in [-0.3, -0.25) is 9.59 Å². The summed E-state index contributed by atoms with van der Waals surface area (Å²) in [6.07, 6.45) is 0. The molecule has 0 aliphatic heterocycles. The minimum absolute atomic E-state index is 0.0818. The molecule has 8 heteroatoms. The van der Waals surface area contributed by atoms with E-state index >= 15 is 0 Å². The lowest BCUT2D eigenvalue weighted by atomic mass is 9.82. The smallest absolute Gasteiger partial charge is 0.198 e. The highest BCUT2D eigenvalue weighted by Crippen LogP contribution is 2.40. The van der Waals surface area contributed by atoms with Crippen molar-refractivity contribution in [1.29, 1.82) is 0 Å². The predicted molar refractivity (Wildman–Crippen MR) is 94.2 cm³/mol. The number of rotatable bonds is 6. The predicted octanol–water partition coefficient (Wildman–Crippen LogP) is 0.682. The van der Waals surface area contributed by atoms with Gasteiger partial charge in [0.1, 0.15) is 11.5 Å². The highest BCUT2D eigenvalue weighted by atomic mass is 16.3. The third-order valence-electron chi connectivity index (χ3n) is 4.12. The van der Waals surface area contributed by atoms with E-state index in [1.807, 2.05) is 0 Å². The van der Waals surface area contributed by atoms with E-state index in [1.54, 1.807) is 0 Å². The van der Waals surface area contributed by atoms with Crippen LogP contribution in [0.5, 0.6) is 11.5 Å². The zero-order chi connectivity index (χ0) is 18.8. The van der Waals surface area contributed by atoms with Crippen LogP contribution < -0.4 is 10.6 Å². The summed E-state index contributed by atoms with van der Waals surface area (Å²) in [5, 5.41) is 43.9. The molecule has 8 nitrogen and oxygen atoms in total. The molecule has 0 saturated heterocycles. The molecule has 6 N–H and O–H groups in total. The van der Waals surface area contributed by atoms with Gasteiger partial charge in [-0.05, 0) is 24.3 Å². The minimum atomic E-state index is -0.580. The van der Waals surface area contributed by atoms with Gasteiger partial charge in [-0.1, -0.05) is 0 Å². The summed E-state index contributed by atoms with van der Waals surface area (Å²) in [5.74, 6) is -1.92. The van der Waals surface area contributed by atoms with Crippen LogP contribution in [0.4, 0.5) is 11.4 Å². The molecular formula is C18H18N2O6. The Bertz CT molecular complexity index is 822. The first-order valence-electron chi connectivity index (χ1n) is 8.01. The summed E-state index contributed by atoms with van der Waals surface area (Å²) >= 11 is 0. The standard InChI is InChI=1S/C18H18N2O6/c21-5-3-19-11-7-9-10(8-12(11)20-4-6-22)18(26)16-14(24)2-1-13(23)15(16)17(9)25/h1-2,7-8,19-24H,3-6H2. The molecule has 0 saturated carbocycles. The van der Waals surface area contributed by atoms with E-state index in [9.17, 15) is 19.8 Å². The summed E-state index contributed by atoms with van der Waals surface area (Å²) in [4.78, 5) is 25.6. The molecule has 0 aromatic heterocycles. The molecule has 0 amide bonds. The zero-order valence-electron chi connectivity index (χ0n) is 13.7. The molecule has 2 aromatic rings. The van der Waals surface area contributed by atoms with Crippen LogP contribution in [0.15, 0.2) is 24.3 Å². The van der Waals surface area contributed by atoms with Gasteiger partial charge in [0.25, 0.3) is 0 Å². The summed E-state index contributed by atoms with van der Waals surface area (Å²) in [6, 6.07) is 5.23. The first-order chi connectivity index (χ1) is 12.5.